The topological polar surface area (TPSA) is 20.3 Å². The van der Waals surface area contributed by atoms with Crippen LogP contribution in [0.1, 0.15) is 24.2 Å². The van der Waals surface area contributed by atoms with Crippen molar-refractivity contribution < 1.29 is 9.18 Å². The molecule has 1 aromatic rings. The van der Waals surface area contributed by atoms with Crippen LogP contribution in [0.25, 0.3) is 0 Å². The molecule has 0 fully saturated rings. The first-order chi connectivity index (χ1) is 7.11. The SMILES string of the molecule is CCN(CC)C(=O)c1cccc(F)c1Cl. The van der Waals surface area contributed by atoms with Crippen LogP contribution < -0.4 is 0 Å². The Bertz CT molecular complexity index is 364. The highest BCUT2D eigenvalue weighted by Gasteiger charge is 2.17. The minimum atomic E-state index is -0.560. The number of nitrogens with zero attached hydrogens (tertiary/aromatic N) is 1. The second-order valence-corrected chi connectivity index (χ2v) is 3.46. The molecule has 0 aliphatic rings. The number of benzene rings is 1. The van der Waals surface area contributed by atoms with Gasteiger partial charge < -0.3 is 4.90 Å². The molecule has 0 N–H and O–H groups in total. The predicted octanol–water partition coefficient (Wildman–Crippen LogP) is 2.96. The molecule has 1 amide bonds. The van der Waals surface area contributed by atoms with E-state index < -0.39 is 5.82 Å². The first-order valence-corrected chi connectivity index (χ1v) is 5.22. The van der Waals surface area contributed by atoms with Gasteiger partial charge in [-0.05, 0) is 26.0 Å². The molecule has 0 unspecified atom stereocenters. The van der Waals surface area contributed by atoms with Crippen molar-refractivity contribution in [3.8, 4) is 0 Å². The zero-order chi connectivity index (χ0) is 11.4. The highest BCUT2D eigenvalue weighted by Crippen LogP contribution is 2.20. The van der Waals surface area contributed by atoms with E-state index in [2.05, 4.69) is 0 Å². The number of amides is 1. The number of carbonyl (C=O) groups excluding carboxylic acids is 1. The molecule has 0 atom stereocenters. The fourth-order valence-corrected chi connectivity index (χ4v) is 1.56. The molecule has 0 bridgehead atoms. The second kappa shape index (κ2) is 5.12. The van der Waals surface area contributed by atoms with Crippen LogP contribution in [0.5, 0.6) is 0 Å². The Morgan fingerprint density at radius 1 is 1.40 bits per heavy atom. The van der Waals surface area contributed by atoms with Crippen LogP contribution in [-0.4, -0.2) is 23.9 Å². The summed E-state index contributed by atoms with van der Waals surface area (Å²) in [6.45, 7) is 4.91. The highest BCUT2D eigenvalue weighted by molar-refractivity contribution is 6.33. The molecule has 0 saturated carbocycles. The Hall–Kier alpha value is -1.09. The summed E-state index contributed by atoms with van der Waals surface area (Å²) in [5.41, 5.74) is 0.223. The van der Waals surface area contributed by atoms with Crippen molar-refractivity contribution in [1.82, 2.24) is 4.90 Å². The van der Waals surface area contributed by atoms with Gasteiger partial charge in [-0.1, -0.05) is 17.7 Å². The summed E-state index contributed by atoms with van der Waals surface area (Å²) in [5, 5.41) is -0.102. The van der Waals surface area contributed by atoms with Crippen LogP contribution in [0.15, 0.2) is 18.2 Å². The van der Waals surface area contributed by atoms with Gasteiger partial charge in [0.05, 0.1) is 10.6 Å². The molecule has 4 heteroatoms. The lowest BCUT2D eigenvalue weighted by atomic mass is 10.2. The maximum Gasteiger partial charge on any atom is 0.255 e. The lowest BCUT2D eigenvalue weighted by molar-refractivity contribution is 0.0772. The zero-order valence-corrected chi connectivity index (χ0v) is 9.51. The van der Waals surface area contributed by atoms with Crippen molar-refractivity contribution in [3.05, 3.63) is 34.6 Å². The smallest absolute Gasteiger partial charge is 0.255 e. The largest absolute Gasteiger partial charge is 0.339 e. The van der Waals surface area contributed by atoms with E-state index >= 15 is 0 Å². The molecule has 1 aromatic carbocycles. The molecular formula is C11H13ClFNO. The molecule has 0 aliphatic heterocycles. The third-order valence-electron chi connectivity index (χ3n) is 2.23. The first-order valence-electron chi connectivity index (χ1n) is 4.85. The predicted molar refractivity (Wildman–Crippen MR) is 58.7 cm³/mol. The highest BCUT2D eigenvalue weighted by atomic mass is 35.5. The first kappa shape index (κ1) is 12.0. The average Bonchev–Trinajstić information content (AvgIpc) is 2.23. The van der Waals surface area contributed by atoms with Crippen LogP contribution in [-0.2, 0) is 0 Å². The van der Waals surface area contributed by atoms with Crippen molar-refractivity contribution in [3.63, 3.8) is 0 Å². The summed E-state index contributed by atoms with van der Waals surface area (Å²) < 4.78 is 13.1. The molecule has 15 heavy (non-hydrogen) atoms. The second-order valence-electron chi connectivity index (χ2n) is 3.08. The van der Waals surface area contributed by atoms with Gasteiger partial charge in [-0.2, -0.15) is 0 Å². The van der Waals surface area contributed by atoms with E-state index in [4.69, 9.17) is 11.6 Å². The minimum Gasteiger partial charge on any atom is -0.339 e. The molecule has 2 nitrogen and oxygen atoms in total. The van der Waals surface area contributed by atoms with Crippen molar-refractivity contribution in [1.29, 1.82) is 0 Å². The molecular weight excluding hydrogens is 217 g/mol. The number of hydrogen-bond donors (Lipinski definition) is 0. The molecule has 82 valence electrons. The standard InChI is InChI=1S/C11H13ClFNO/c1-3-14(4-2)11(15)8-6-5-7-9(13)10(8)12/h5-7H,3-4H2,1-2H3. The van der Waals surface area contributed by atoms with E-state index in [1.807, 2.05) is 13.8 Å². The van der Waals surface area contributed by atoms with Crippen molar-refractivity contribution in [2.45, 2.75) is 13.8 Å². The molecule has 0 radical (unpaired) electrons. The Labute approximate surface area is 93.6 Å². The minimum absolute atomic E-state index is 0.102. The van der Waals surface area contributed by atoms with Crippen LogP contribution in [0.2, 0.25) is 5.02 Å². The Kier molecular flexibility index (Phi) is 4.09. The number of hydrogen-bond acceptors (Lipinski definition) is 1. The van der Waals surface area contributed by atoms with Crippen LogP contribution in [0.4, 0.5) is 4.39 Å². The summed E-state index contributed by atoms with van der Waals surface area (Å²) in [6, 6.07) is 4.26. The Balaban J connectivity index is 3.05. The average molecular weight is 230 g/mol. The van der Waals surface area contributed by atoms with E-state index in [-0.39, 0.29) is 16.5 Å². The van der Waals surface area contributed by atoms with Gasteiger partial charge in [0, 0.05) is 13.1 Å². The van der Waals surface area contributed by atoms with Crippen LogP contribution in [0, 0.1) is 5.82 Å². The summed E-state index contributed by atoms with van der Waals surface area (Å²) >= 11 is 5.72. The molecule has 0 aliphatic carbocycles. The number of halogens is 2. The Morgan fingerprint density at radius 2 is 2.00 bits per heavy atom. The van der Waals surface area contributed by atoms with Gasteiger partial charge in [-0.25, -0.2) is 4.39 Å². The summed E-state index contributed by atoms with van der Waals surface area (Å²) in [5.74, 6) is -0.792. The van der Waals surface area contributed by atoms with Crippen LogP contribution >= 0.6 is 11.6 Å². The summed E-state index contributed by atoms with van der Waals surface area (Å²) in [4.78, 5) is 13.5. The Morgan fingerprint density at radius 3 is 2.53 bits per heavy atom. The third-order valence-corrected chi connectivity index (χ3v) is 2.62. The van der Waals surface area contributed by atoms with Crippen molar-refractivity contribution >= 4 is 17.5 Å². The number of rotatable bonds is 3. The number of carbonyl (C=O) groups is 1. The van der Waals surface area contributed by atoms with E-state index in [0.29, 0.717) is 13.1 Å². The third kappa shape index (κ3) is 2.48. The van der Waals surface area contributed by atoms with Crippen molar-refractivity contribution in [2.24, 2.45) is 0 Å². The summed E-state index contributed by atoms with van der Waals surface area (Å²) in [7, 11) is 0. The van der Waals surface area contributed by atoms with E-state index in [0.717, 1.165) is 0 Å². The monoisotopic (exact) mass is 229 g/mol. The van der Waals surface area contributed by atoms with Gasteiger partial charge in [0.1, 0.15) is 5.82 Å². The lowest BCUT2D eigenvalue weighted by Crippen LogP contribution is -2.30. The van der Waals surface area contributed by atoms with E-state index in [1.54, 1.807) is 4.90 Å². The van der Waals surface area contributed by atoms with E-state index in [1.165, 1.54) is 18.2 Å². The maximum atomic E-state index is 13.1. The maximum absolute atomic E-state index is 13.1. The van der Waals surface area contributed by atoms with Crippen molar-refractivity contribution in [2.75, 3.05) is 13.1 Å². The summed E-state index contributed by atoms with van der Waals surface area (Å²) in [6.07, 6.45) is 0. The molecule has 1 rings (SSSR count). The van der Waals surface area contributed by atoms with Gasteiger partial charge in [0.15, 0.2) is 0 Å². The molecule has 0 aromatic heterocycles. The zero-order valence-electron chi connectivity index (χ0n) is 8.76. The molecule has 0 heterocycles. The normalized spacial score (nSPS) is 10.1. The van der Waals surface area contributed by atoms with E-state index in [9.17, 15) is 9.18 Å². The van der Waals surface area contributed by atoms with Gasteiger partial charge >= 0.3 is 0 Å². The van der Waals surface area contributed by atoms with Gasteiger partial charge in [0.2, 0.25) is 0 Å². The van der Waals surface area contributed by atoms with Crippen LogP contribution in [0.3, 0.4) is 0 Å². The molecule has 0 saturated heterocycles. The fraction of sp³-hybridized carbons (Fsp3) is 0.364. The fourth-order valence-electron chi connectivity index (χ4n) is 1.35. The lowest BCUT2D eigenvalue weighted by Gasteiger charge is -2.19. The van der Waals surface area contributed by atoms with Gasteiger partial charge in [-0.3, -0.25) is 4.79 Å². The quantitative estimate of drug-likeness (QED) is 0.781. The van der Waals surface area contributed by atoms with Gasteiger partial charge in [0.25, 0.3) is 5.91 Å². The molecule has 0 spiro atoms. The van der Waals surface area contributed by atoms with Gasteiger partial charge in [-0.15, -0.1) is 0 Å².